The molecule has 4 rings (SSSR count). The first kappa shape index (κ1) is 21.8. The quantitative estimate of drug-likeness (QED) is 0.552. The molecule has 2 amide bonds. The number of aromatic nitrogens is 1. The molecule has 0 bridgehead atoms. The molecule has 30 heavy (non-hydrogen) atoms. The first-order valence-electron chi connectivity index (χ1n) is 8.68. The first-order chi connectivity index (χ1) is 13.9. The maximum Gasteiger partial charge on any atom is 0.331 e. The molecule has 0 spiro atoms. The third kappa shape index (κ3) is 4.16. The van der Waals surface area contributed by atoms with E-state index in [1.165, 1.54) is 12.1 Å². The number of fused-ring (bicyclic) bond motifs is 1. The topological polar surface area (TPSA) is 88.4 Å². The number of hydrogen-bond acceptors (Lipinski definition) is 3. The van der Waals surface area contributed by atoms with Crippen molar-refractivity contribution in [3.05, 3.63) is 93.7 Å². The van der Waals surface area contributed by atoms with Crippen LogP contribution in [0.25, 0.3) is 0 Å². The molecule has 2 heterocycles. The van der Waals surface area contributed by atoms with Gasteiger partial charge in [0.2, 0.25) is 5.91 Å². The lowest BCUT2D eigenvalue weighted by molar-refractivity contribution is -0.707. The fourth-order valence-electron chi connectivity index (χ4n) is 3.10. The van der Waals surface area contributed by atoms with Crippen molar-refractivity contribution in [2.45, 2.75) is 6.17 Å². The monoisotopic (exact) mass is 460 g/mol. The zero-order valence-corrected chi connectivity index (χ0v) is 17.6. The van der Waals surface area contributed by atoms with Gasteiger partial charge in [-0.15, -0.1) is 0 Å². The molecule has 1 aromatic heterocycles. The van der Waals surface area contributed by atoms with E-state index in [2.05, 4.69) is 5.32 Å². The number of primary amides is 1. The standard InChI is InChI=1S/C21H14Cl2N4O2.ClH/c22-13-5-6-17-15(11-13)18(14-3-1-2-4-16(14)23)26-20(21(29)25-17)27-9-7-12(8-10-27)19(24)28;/h1-11,20H,(H2-,24,25,26,28,29);1H. The molecule has 1 aliphatic rings. The molecule has 3 N–H and O–H groups in total. The van der Waals surface area contributed by atoms with E-state index < -0.39 is 12.1 Å². The van der Waals surface area contributed by atoms with Crippen molar-refractivity contribution in [2.24, 2.45) is 10.7 Å². The van der Waals surface area contributed by atoms with Crippen molar-refractivity contribution in [3.8, 4) is 0 Å². The van der Waals surface area contributed by atoms with Gasteiger partial charge in [0, 0.05) is 33.3 Å². The molecule has 152 valence electrons. The maximum absolute atomic E-state index is 12.9. The minimum absolute atomic E-state index is 0. The van der Waals surface area contributed by atoms with Crippen LogP contribution < -0.4 is 28.0 Å². The second-order valence-electron chi connectivity index (χ2n) is 6.41. The molecule has 6 nitrogen and oxygen atoms in total. The molecule has 1 atom stereocenters. The number of nitrogens with zero attached hydrogens (tertiary/aromatic N) is 2. The van der Waals surface area contributed by atoms with Crippen molar-refractivity contribution in [1.82, 2.24) is 0 Å². The Morgan fingerprint density at radius 2 is 1.73 bits per heavy atom. The fourth-order valence-corrected chi connectivity index (χ4v) is 3.50. The number of carbonyl (C=O) groups is 2. The van der Waals surface area contributed by atoms with Crippen molar-refractivity contribution in [3.63, 3.8) is 0 Å². The number of rotatable bonds is 3. The van der Waals surface area contributed by atoms with Crippen molar-refractivity contribution >= 4 is 46.4 Å². The lowest BCUT2D eigenvalue weighted by Gasteiger charge is -2.11. The smallest absolute Gasteiger partial charge is 0.331 e. The summed E-state index contributed by atoms with van der Waals surface area (Å²) in [4.78, 5) is 29.0. The van der Waals surface area contributed by atoms with E-state index in [0.717, 1.165) is 0 Å². The van der Waals surface area contributed by atoms with E-state index >= 15 is 0 Å². The zero-order chi connectivity index (χ0) is 20.5. The van der Waals surface area contributed by atoms with Gasteiger partial charge in [-0.1, -0.05) is 41.4 Å². The second kappa shape index (κ2) is 8.83. The summed E-state index contributed by atoms with van der Waals surface area (Å²) < 4.78 is 1.59. The molecule has 0 saturated carbocycles. The molecule has 0 aliphatic carbocycles. The summed E-state index contributed by atoms with van der Waals surface area (Å²) in [6.45, 7) is 0. The Kier molecular flexibility index (Phi) is 6.41. The van der Waals surface area contributed by atoms with Crippen LogP contribution in [0.3, 0.4) is 0 Å². The number of pyridine rings is 1. The number of anilines is 1. The van der Waals surface area contributed by atoms with Crippen LogP contribution in [0.15, 0.2) is 72.0 Å². The molecule has 1 aliphatic heterocycles. The maximum atomic E-state index is 12.9. The fraction of sp³-hybridized carbons (Fsp3) is 0.0476. The molecule has 0 radical (unpaired) electrons. The van der Waals surface area contributed by atoms with Gasteiger partial charge in [0.1, 0.15) is 0 Å². The molecule has 2 aromatic carbocycles. The molecule has 1 unspecified atom stereocenters. The first-order valence-corrected chi connectivity index (χ1v) is 9.44. The van der Waals surface area contributed by atoms with Gasteiger partial charge >= 0.3 is 12.1 Å². The van der Waals surface area contributed by atoms with E-state index in [1.807, 2.05) is 18.2 Å². The number of carbonyl (C=O) groups excluding carboxylic acids is 2. The van der Waals surface area contributed by atoms with Gasteiger partial charge in [0.05, 0.1) is 17.0 Å². The van der Waals surface area contributed by atoms with E-state index in [4.69, 9.17) is 33.9 Å². The van der Waals surface area contributed by atoms with Crippen LogP contribution in [-0.2, 0) is 4.79 Å². The van der Waals surface area contributed by atoms with E-state index in [1.54, 1.807) is 41.2 Å². The largest absolute Gasteiger partial charge is 1.00 e. The summed E-state index contributed by atoms with van der Waals surface area (Å²) in [6.07, 6.45) is 2.25. The Balaban J connectivity index is 0.00000256. The summed E-state index contributed by atoms with van der Waals surface area (Å²) >= 11 is 12.6. The number of nitrogens with one attached hydrogen (secondary N) is 1. The summed E-state index contributed by atoms with van der Waals surface area (Å²) in [7, 11) is 0. The summed E-state index contributed by atoms with van der Waals surface area (Å²) in [5, 5.41) is 3.90. The molecule has 0 saturated heterocycles. The highest BCUT2D eigenvalue weighted by atomic mass is 35.5. The van der Waals surface area contributed by atoms with E-state index in [0.29, 0.717) is 38.1 Å². The molecule has 9 heteroatoms. The van der Waals surface area contributed by atoms with Crippen molar-refractivity contribution in [1.29, 1.82) is 0 Å². The summed E-state index contributed by atoms with van der Waals surface area (Å²) in [5.41, 5.74) is 8.08. The van der Waals surface area contributed by atoms with Gasteiger partial charge in [-0.2, -0.15) is 4.57 Å². The van der Waals surface area contributed by atoms with Crippen molar-refractivity contribution < 1.29 is 26.6 Å². The molecule has 3 aromatic rings. The van der Waals surface area contributed by atoms with Crippen LogP contribution in [0.5, 0.6) is 0 Å². The Bertz CT molecular complexity index is 1160. The minimum Gasteiger partial charge on any atom is -1.00 e. The lowest BCUT2D eigenvalue weighted by Crippen LogP contribution is -3.00. The van der Waals surface area contributed by atoms with Gasteiger partial charge in [0.25, 0.3) is 0 Å². The molecular weight excluding hydrogens is 447 g/mol. The van der Waals surface area contributed by atoms with Crippen LogP contribution in [0.1, 0.15) is 27.7 Å². The van der Waals surface area contributed by atoms with Crippen LogP contribution in [-0.4, -0.2) is 17.5 Å². The SMILES string of the molecule is NC(=O)c1cc[n+](C2N=C(c3ccccc3Cl)c3cc(Cl)ccc3NC2=O)cc1.[Cl-]. The van der Waals surface area contributed by atoms with Gasteiger partial charge in [-0.25, -0.2) is 4.99 Å². The normalized spacial score (nSPS) is 15.2. The predicted octanol–water partition coefficient (Wildman–Crippen LogP) is 0.372. The minimum atomic E-state index is -0.922. The number of aliphatic imine (C=N–C) groups is 1. The second-order valence-corrected chi connectivity index (χ2v) is 7.25. The molecule has 0 fully saturated rings. The van der Waals surface area contributed by atoms with Gasteiger partial charge in [-0.3, -0.25) is 9.59 Å². The van der Waals surface area contributed by atoms with Crippen LogP contribution >= 0.6 is 23.2 Å². The highest BCUT2D eigenvalue weighted by molar-refractivity contribution is 6.36. The number of halogens is 3. The highest BCUT2D eigenvalue weighted by Gasteiger charge is 2.33. The van der Waals surface area contributed by atoms with Gasteiger partial charge in [-0.05, 0) is 24.3 Å². The average molecular weight is 462 g/mol. The summed E-state index contributed by atoms with van der Waals surface area (Å²) in [5.74, 6) is -0.891. The number of hydrogen-bond donors (Lipinski definition) is 2. The Labute approximate surface area is 188 Å². The third-order valence-corrected chi connectivity index (χ3v) is 5.09. The number of amides is 2. The predicted molar refractivity (Wildman–Crippen MR) is 111 cm³/mol. The Morgan fingerprint density at radius 1 is 1.03 bits per heavy atom. The van der Waals surface area contributed by atoms with Crippen LogP contribution in [0.4, 0.5) is 5.69 Å². The van der Waals surface area contributed by atoms with Crippen LogP contribution in [0.2, 0.25) is 10.0 Å². The zero-order valence-electron chi connectivity index (χ0n) is 15.4. The van der Waals surface area contributed by atoms with Crippen molar-refractivity contribution in [2.75, 3.05) is 5.32 Å². The average Bonchev–Trinajstić information content (AvgIpc) is 2.84. The Hall–Kier alpha value is -2.93. The Morgan fingerprint density at radius 3 is 2.40 bits per heavy atom. The number of benzodiazepines with no additional fused rings is 1. The molecular formula is C21H15Cl3N4O2. The summed E-state index contributed by atoms with van der Waals surface area (Å²) in [6, 6.07) is 15.5. The van der Waals surface area contributed by atoms with Gasteiger partial charge in [0.15, 0.2) is 12.4 Å². The number of nitrogens with two attached hydrogens (primary N) is 1. The van der Waals surface area contributed by atoms with Gasteiger partial charge < -0.3 is 23.5 Å². The lowest BCUT2D eigenvalue weighted by atomic mass is 10.0. The number of benzene rings is 2. The van der Waals surface area contributed by atoms with Crippen LogP contribution in [0, 0.1) is 0 Å². The highest BCUT2D eigenvalue weighted by Crippen LogP contribution is 2.30. The van der Waals surface area contributed by atoms with E-state index in [9.17, 15) is 9.59 Å². The third-order valence-electron chi connectivity index (χ3n) is 4.53. The van der Waals surface area contributed by atoms with E-state index in [-0.39, 0.29) is 18.3 Å².